The van der Waals surface area contributed by atoms with E-state index in [2.05, 4.69) is 17.2 Å². The van der Waals surface area contributed by atoms with Gasteiger partial charge in [0.25, 0.3) is 0 Å². The van der Waals surface area contributed by atoms with Crippen LogP contribution in [-0.4, -0.2) is 10.9 Å². The second kappa shape index (κ2) is 3.78. The summed E-state index contributed by atoms with van der Waals surface area (Å²) < 4.78 is 0. The van der Waals surface area contributed by atoms with Crippen molar-refractivity contribution in [2.45, 2.75) is 19.8 Å². The van der Waals surface area contributed by atoms with Crippen molar-refractivity contribution in [3.8, 4) is 0 Å². The van der Waals surface area contributed by atoms with Crippen LogP contribution in [0.4, 0.5) is 5.82 Å². The quantitative estimate of drug-likeness (QED) is 0.775. The average molecular weight is 190 g/mol. The fraction of sp³-hybridized carbons (Fsp3) is 0.455. The van der Waals surface area contributed by atoms with Crippen LogP contribution in [0.5, 0.6) is 0 Å². The van der Waals surface area contributed by atoms with Crippen molar-refractivity contribution < 1.29 is 4.79 Å². The number of amides is 1. The van der Waals surface area contributed by atoms with E-state index in [1.807, 2.05) is 12.1 Å². The molecule has 1 aliphatic carbocycles. The molecule has 0 aliphatic heterocycles. The van der Waals surface area contributed by atoms with E-state index >= 15 is 0 Å². The lowest BCUT2D eigenvalue weighted by Gasteiger charge is -2.32. The van der Waals surface area contributed by atoms with Crippen LogP contribution in [0.1, 0.15) is 19.8 Å². The van der Waals surface area contributed by atoms with Crippen molar-refractivity contribution in [2.24, 2.45) is 11.8 Å². The van der Waals surface area contributed by atoms with Crippen LogP contribution in [-0.2, 0) is 4.79 Å². The van der Waals surface area contributed by atoms with E-state index in [-0.39, 0.29) is 11.8 Å². The lowest BCUT2D eigenvalue weighted by molar-refractivity contribution is -0.124. The minimum Gasteiger partial charge on any atom is -0.310 e. The standard InChI is InChI=1S/C11H14N2O/c1-8-5-6-9(8)11(14)13-10-4-2-3-7-12-10/h2-4,7-9H,5-6H2,1H3,(H,12,13,14). The van der Waals surface area contributed by atoms with Gasteiger partial charge in [-0.15, -0.1) is 0 Å². The smallest absolute Gasteiger partial charge is 0.228 e. The average Bonchev–Trinajstić information content (AvgIpc) is 2.17. The van der Waals surface area contributed by atoms with E-state index in [0.717, 1.165) is 6.42 Å². The third-order valence-electron chi connectivity index (χ3n) is 2.87. The number of pyridine rings is 1. The Morgan fingerprint density at radius 2 is 2.36 bits per heavy atom. The maximum absolute atomic E-state index is 11.7. The summed E-state index contributed by atoms with van der Waals surface area (Å²) in [7, 11) is 0. The second-order valence-corrected chi connectivity index (χ2v) is 3.87. The zero-order chi connectivity index (χ0) is 9.97. The van der Waals surface area contributed by atoms with Gasteiger partial charge in [-0.2, -0.15) is 0 Å². The maximum atomic E-state index is 11.7. The molecule has 1 heterocycles. The Hall–Kier alpha value is -1.38. The molecule has 1 saturated carbocycles. The second-order valence-electron chi connectivity index (χ2n) is 3.87. The zero-order valence-electron chi connectivity index (χ0n) is 8.23. The Morgan fingerprint density at radius 3 is 2.86 bits per heavy atom. The van der Waals surface area contributed by atoms with Gasteiger partial charge >= 0.3 is 0 Å². The van der Waals surface area contributed by atoms with Gasteiger partial charge in [0.1, 0.15) is 5.82 Å². The molecular formula is C11H14N2O. The Balaban J connectivity index is 1.95. The molecule has 0 aromatic carbocycles. The highest BCUT2D eigenvalue weighted by Crippen LogP contribution is 2.34. The minimum atomic E-state index is 0.113. The summed E-state index contributed by atoms with van der Waals surface area (Å²) in [5, 5.41) is 2.82. The minimum absolute atomic E-state index is 0.113. The van der Waals surface area contributed by atoms with Crippen LogP contribution in [0.15, 0.2) is 24.4 Å². The van der Waals surface area contributed by atoms with Gasteiger partial charge < -0.3 is 5.32 Å². The SMILES string of the molecule is CC1CCC1C(=O)Nc1ccccn1. The van der Waals surface area contributed by atoms with Gasteiger partial charge in [-0.1, -0.05) is 13.0 Å². The molecule has 2 unspecified atom stereocenters. The van der Waals surface area contributed by atoms with Crippen LogP contribution in [0, 0.1) is 11.8 Å². The summed E-state index contributed by atoms with van der Waals surface area (Å²) in [4.78, 5) is 15.7. The largest absolute Gasteiger partial charge is 0.310 e. The number of nitrogens with one attached hydrogen (secondary N) is 1. The van der Waals surface area contributed by atoms with Gasteiger partial charge in [0, 0.05) is 12.1 Å². The lowest BCUT2D eigenvalue weighted by Crippen LogP contribution is -2.35. The molecule has 1 aromatic rings. The van der Waals surface area contributed by atoms with Gasteiger partial charge in [0.15, 0.2) is 0 Å². The Labute approximate surface area is 83.5 Å². The van der Waals surface area contributed by atoms with E-state index in [4.69, 9.17) is 0 Å². The molecule has 1 aromatic heterocycles. The van der Waals surface area contributed by atoms with Gasteiger partial charge in [-0.3, -0.25) is 4.79 Å². The highest BCUT2D eigenvalue weighted by Gasteiger charge is 2.32. The summed E-state index contributed by atoms with van der Waals surface area (Å²) in [5.41, 5.74) is 0. The fourth-order valence-corrected chi connectivity index (χ4v) is 1.71. The number of anilines is 1. The molecule has 0 saturated heterocycles. The zero-order valence-corrected chi connectivity index (χ0v) is 8.23. The van der Waals surface area contributed by atoms with E-state index in [9.17, 15) is 4.79 Å². The third kappa shape index (κ3) is 1.76. The predicted octanol–water partition coefficient (Wildman–Crippen LogP) is 2.07. The fourth-order valence-electron chi connectivity index (χ4n) is 1.71. The summed E-state index contributed by atoms with van der Waals surface area (Å²) in [6.45, 7) is 2.12. The van der Waals surface area contributed by atoms with Crippen LogP contribution in [0.2, 0.25) is 0 Å². The van der Waals surface area contributed by atoms with Crippen LogP contribution >= 0.6 is 0 Å². The van der Waals surface area contributed by atoms with Crippen LogP contribution < -0.4 is 5.32 Å². The Kier molecular flexibility index (Phi) is 2.48. The van der Waals surface area contributed by atoms with Crippen LogP contribution in [0.3, 0.4) is 0 Å². The van der Waals surface area contributed by atoms with Gasteiger partial charge in [-0.25, -0.2) is 4.98 Å². The summed E-state index contributed by atoms with van der Waals surface area (Å²) in [6.07, 6.45) is 3.86. The van der Waals surface area contributed by atoms with Gasteiger partial charge in [0.05, 0.1) is 0 Å². The van der Waals surface area contributed by atoms with Crippen molar-refractivity contribution >= 4 is 11.7 Å². The third-order valence-corrected chi connectivity index (χ3v) is 2.87. The molecule has 74 valence electrons. The maximum Gasteiger partial charge on any atom is 0.228 e. The molecule has 0 radical (unpaired) electrons. The predicted molar refractivity (Wildman–Crippen MR) is 54.8 cm³/mol. The summed E-state index contributed by atoms with van der Waals surface area (Å²) in [6, 6.07) is 5.51. The monoisotopic (exact) mass is 190 g/mol. The molecule has 14 heavy (non-hydrogen) atoms. The van der Waals surface area contributed by atoms with Crippen molar-refractivity contribution in [1.82, 2.24) is 4.98 Å². The highest BCUT2D eigenvalue weighted by molar-refractivity contribution is 5.92. The molecule has 3 heteroatoms. The first-order chi connectivity index (χ1) is 6.77. The number of carbonyl (C=O) groups excluding carboxylic acids is 1. The van der Waals surface area contributed by atoms with E-state index in [1.54, 1.807) is 12.3 Å². The number of nitrogens with zero attached hydrogens (tertiary/aromatic N) is 1. The van der Waals surface area contributed by atoms with E-state index in [0.29, 0.717) is 11.7 Å². The molecule has 2 rings (SSSR count). The molecular weight excluding hydrogens is 176 g/mol. The molecule has 1 aliphatic rings. The Morgan fingerprint density at radius 1 is 1.50 bits per heavy atom. The molecule has 0 spiro atoms. The van der Waals surface area contributed by atoms with Crippen molar-refractivity contribution in [3.63, 3.8) is 0 Å². The molecule has 1 fully saturated rings. The van der Waals surface area contributed by atoms with Crippen molar-refractivity contribution in [1.29, 1.82) is 0 Å². The number of hydrogen-bond acceptors (Lipinski definition) is 2. The number of carbonyl (C=O) groups is 1. The molecule has 1 amide bonds. The molecule has 3 nitrogen and oxygen atoms in total. The van der Waals surface area contributed by atoms with Crippen molar-refractivity contribution in [3.05, 3.63) is 24.4 Å². The Bertz CT molecular complexity index is 323. The number of rotatable bonds is 2. The van der Waals surface area contributed by atoms with Crippen LogP contribution in [0.25, 0.3) is 0 Å². The van der Waals surface area contributed by atoms with E-state index in [1.165, 1.54) is 6.42 Å². The highest BCUT2D eigenvalue weighted by atomic mass is 16.2. The lowest BCUT2D eigenvalue weighted by atomic mass is 9.74. The number of aromatic nitrogens is 1. The van der Waals surface area contributed by atoms with Gasteiger partial charge in [0.2, 0.25) is 5.91 Å². The van der Waals surface area contributed by atoms with E-state index < -0.39 is 0 Å². The first-order valence-electron chi connectivity index (χ1n) is 4.99. The summed E-state index contributed by atoms with van der Waals surface area (Å²) >= 11 is 0. The topological polar surface area (TPSA) is 42.0 Å². The molecule has 0 bridgehead atoms. The number of hydrogen-bond donors (Lipinski definition) is 1. The summed E-state index contributed by atoms with van der Waals surface area (Å²) in [5.74, 6) is 1.48. The molecule has 1 N–H and O–H groups in total. The first kappa shape index (κ1) is 9.19. The van der Waals surface area contributed by atoms with Gasteiger partial charge in [-0.05, 0) is 30.9 Å². The normalized spacial score (nSPS) is 25.2. The molecule has 2 atom stereocenters. The first-order valence-corrected chi connectivity index (χ1v) is 4.99. The van der Waals surface area contributed by atoms with Crippen molar-refractivity contribution in [2.75, 3.05) is 5.32 Å².